The van der Waals surface area contributed by atoms with E-state index in [9.17, 15) is 13.6 Å². The molecule has 1 rings (SSSR count). The first-order valence-electron chi connectivity index (χ1n) is 4.24. The topological polar surface area (TPSA) is 69.6 Å². The maximum Gasteiger partial charge on any atom is 0.488 e. The quantitative estimate of drug-likeness (QED) is 0.493. The molecule has 0 aliphatic heterocycles. The zero-order chi connectivity index (χ0) is 12.3. The Labute approximate surface area is 90.4 Å². The first kappa shape index (κ1) is 12.3. The Balaban J connectivity index is 3.16. The fourth-order valence-corrected chi connectivity index (χ4v) is 1.03. The standard InChI is InChI=1S/C9H8BF2NO3/c1-2-8(14)13-7-4-5(10(15)16)3-6(11)9(7)12/h2-4,15-16H,1H2,(H,13,14). The molecule has 0 fully saturated rings. The molecule has 0 aliphatic rings. The summed E-state index contributed by atoms with van der Waals surface area (Å²) in [5.41, 5.74) is -0.744. The highest BCUT2D eigenvalue weighted by molar-refractivity contribution is 6.58. The van der Waals surface area contributed by atoms with Crippen molar-refractivity contribution in [2.45, 2.75) is 0 Å². The number of benzene rings is 1. The van der Waals surface area contributed by atoms with Crippen LogP contribution in [0.5, 0.6) is 0 Å². The van der Waals surface area contributed by atoms with Crippen LogP contribution in [0.15, 0.2) is 24.8 Å². The summed E-state index contributed by atoms with van der Waals surface area (Å²) in [6.45, 7) is 3.14. The van der Waals surface area contributed by atoms with E-state index >= 15 is 0 Å². The second-order valence-electron chi connectivity index (χ2n) is 2.93. The molecule has 1 amide bonds. The molecular formula is C9H8BF2NO3. The van der Waals surface area contributed by atoms with E-state index in [1.807, 2.05) is 5.32 Å². The molecular weight excluding hydrogens is 219 g/mol. The summed E-state index contributed by atoms with van der Waals surface area (Å²) >= 11 is 0. The van der Waals surface area contributed by atoms with Gasteiger partial charge in [-0.2, -0.15) is 0 Å². The minimum atomic E-state index is -1.95. The van der Waals surface area contributed by atoms with Gasteiger partial charge in [-0.25, -0.2) is 8.78 Å². The second kappa shape index (κ2) is 4.87. The van der Waals surface area contributed by atoms with E-state index in [4.69, 9.17) is 10.0 Å². The van der Waals surface area contributed by atoms with Gasteiger partial charge in [0.1, 0.15) is 0 Å². The number of carbonyl (C=O) groups excluding carboxylic acids is 1. The summed E-state index contributed by atoms with van der Waals surface area (Å²) in [5, 5.41) is 19.6. The highest BCUT2D eigenvalue weighted by atomic mass is 19.2. The molecule has 0 saturated heterocycles. The molecule has 3 N–H and O–H groups in total. The summed E-state index contributed by atoms with van der Waals surface area (Å²) in [6.07, 6.45) is 0.874. The first-order chi connectivity index (χ1) is 7.45. The van der Waals surface area contributed by atoms with Crippen molar-refractivity contribution >= 4 is 24.2 Å². The number of carbonyl (C=O) groups is 1. The van der Waals surface area contributed by atoms with E-state index in [1.165, 1.54) is 0 Å². The van der Waals surface area contributed by atoms with Crippen LogP contribution in [0.3, 0.4) is 0 Å². The summed E-state index contributed by atoms with van der Waals surface area (Å²) in [6, 6.07) is 1.55. The Morgan fingerprint density at radius 1 is 1.44 bits per heavy atom. The Bertz CT molecular complexity index is 437. The van der Waals surface area contributed by atoms with Gasteiger partial charge in [0.25, 0.3) is 0 Å². The van der Waals surface area contributed by atoms with E-state index < -0.39 is 30.3 Å². The minimum absolute atomic E-state index is 0.265. The van der Waals surface area contributed by atoms with Crippen LogP contribution in [0.25, 0.3) is 0 Å². The number of nitrogens with one attached hydrogen (secondary N) is 1. The fraction of sp³-hybridized carbons (Fsp3) is 0. The molecule has 0 aromatic heterocycles. The average Bonchev–Trinajstić information content (AvgIpc) is 2.23. The van der Waals surface area contributed by atoms with Crippen molar-refractivity contribution in [3.8, 4) is 0 Å². The van der Waals surface area contributed by atoms with Gasteiger partial charge in [0, 0.05) is 0 Å². The van der Waals surface area contributed by atoms with Gasteiger partial charge in [0.2, 0.25) is 5.91 Å². The number of halogens is 2. The van der Waals surface area contributed by atoms with Crippen molar-refractivity contribution < 1.29 is 23.6 Å². The van der Waals surface area contributed by atoms with Crippen LogP contribution in [0.4, 0.5) is 14.5 Å². The highest BCUT2D eigenvalue weighted by Crippen LogP contribution is 2.15. The van der Waals surface area contributed by atoms with E-state index in [2.05, 4.69) is 6.58 Å². The smallest absolute Gasteiger partial charge is 0.423 e. The van der Waals surface area contributed by atoms with Gasteiger partial charge in [-0.15, -0.1) is 0 Å². The van der Waals surface area contributed by atoms with Crippen molar-refractivity contribution in [3.63, 3.8) is 0 Å². The van der Waals surface area contributed by atoms with Crippen molar-refractivity contribution in [3.05, 3.63) is 36.4 Å². The van der Waals surface area contributed by atoms with Crippen LogP contribution in [-0.2, 0) is 4.79 Å². The Morgan fingerprint density at radius 2 is 2.06 bits per heavy atom. The summed E-state index contributed by atoms with van der Waals surface area (Å²) in [7, 11) is -1.95. The molecule has 0 heterocycles. The van der Waals surface area contributed by atoms with Gasteiger partial charge in [-0.05, 0) is 23.7 Å². The van der Waals surface area contributed by atoms with Crippen LogP contribution < -0.4 is 10.8 Å². The lowest BCUT2D eigenvalue weighted by molar-refractivity contribution is -0.111. The molecule has 84 valence electrons. The molecule has 4 nitrogen and oxygen atoms in total. The van der Waals surface area contributed by atoms with Crippen LogP contribution in [0, 0.1) is 11.6 Å². The molecule has 1 aromatic carbocycles. The van der Waals surface area contributed by atoms with Gasteiger partial charge < -0.3 is 15.4 Å². The Hall–Kier alpha value is -1.73. The van der Waals surface area contributed by atoms with Gasteiger partial charge >= 0.3 is 7.12 Å². The number of amides is 1. The van der Waals surface area contributed by atoms with Crippen LogP contribution in [-0.4, -0.2) is 23.1 Å². The number of hydrogen-bond donors (Lipinski definition) is 3. The monoisotopic (exact) mass is 227 g/mol. The zero-order valence-electron chi connectivity index (χ0n) is 8.08. The van der Waals surface area contributed by atoms with Gasteiger partial charge in [0.05, 0.1) is 5.69 Å². The maximum absolute atomic E-state index is 13.2. The summed E-state index contributed by atoms with van der Waals surface area (Å²) < 4.78 is 26.1. The van der Waals surface area contributed by atoms with E-state index in [0.29, 0.717) is 6.07 Å². The fourth-order valence-electron chi connectivity index (χ4n) is 1.03. The van der Waals surface area contributed by atoms with E-state index in [0.717, 1.165) is 12.1 Å². The van der Waals surface area contributed by atoms with Crippen molar-refractivity contribution in [1.82, 2.24) is 0 Å². The maximum atomic E-state index is 13.2. The van der Waals surface area contributed by atoms with E-state index in [1.54, 1.807) is 0 Å². The Kier molecular flexibility index (Phi) is 3.75. The van der Waals surface area contributed by atoms with Crippen molar-refractivity contribution in [2.75, 3.05) is 5.32 Å². The lowest BCUT2D eigenvalue weighted by Crippen LogP contribution is -2.31. The predicted octanol–water partition coefficient (Wildman–Crippen LogP) is -0.231. The van der Waals surface area contributed by atoms with Crippen LogP contribution in [0.2, 0.25) is 0 Å². The third-order valence-corrected chi connectivity index (χ3v) is 1.79. The molecule has 0 saturated carbocycles. The molecule has 0 aliphatic carbocycles. The largest absolute Gasteiger partial charge is 0.488 e. The van der Waals surface area contributed by atoms with Crippen LogP contribution >= 0.6 is 0 Å². The Morgan fingerprint density at radius 3 is 2.56 bits per heavy atom. The first-order valence-corrected chi connectivity index (χ1v) is 4.24. The van der Waals surface area contributed by atoms with Gasteiger partial charge in [0.15, 0.2) is 11.6 Å². The second-order valence-corrected chi connectivity index (χ2v) is 2.93. The van der Waals surface area contributed by atoms with Gasteiger partial charge in [-0.3, -0.25) is 4.79 Å². The lowest BCUT2D eigenvalue weighted by Gasteiger charge is -2.07. The number of anilines is 1. The molecule has 0 atom stereocenters. The lowest BCUT2D eigenvalue weighted by atomic mass is 9.80. The normalized spacial score (nSPS) is 9.75. The minimum Gasteiger partial charge on any atom is -0.423 e. The van der Waals surface area contributed by atoms with Crippen molar-refractivity contribution in [1.29, 1.82) is 0 Å². The summed E-state index contributed by atoms with van der Waals surface area (Å²) in [5.74, 6) is -3.30. The molecule has 0 radical (unpaired) electrons. The van der Waals surface area contributed by atoms with Crippen molar-refractivity contribution in [2.24, 2.45) is 0 Å². The predicted molar refractivity (Wildman–Crippen MR) is 55.0 cm³/mol. The van der Waals surface area contributed by atoms with E-state index in [-0.39, 0.29) is 5.46 Å². The van der Waals surface area contributed by atoms with Gasteiger partial charge in [-0.1, -0.05) is 6.58 Å². The molecule has 1 aromatic rings. The molecule has 0 spiro atoms. The SMILES string of the molecule is C=CC(=O)Nc1cc(B(O)O)cc(F)c1F. The highest BCUT2D eigenvalue weighted by Gasteiger charge is 2.18. The zero-order valence-corrected chi connectivity index (χ0v) is 8.08. The average molecular weight is 227 g/mol. The number of hydrogen-bond acceptors (Lipinski definition) is 3. The molecule has 0 bridgehead atoms. The molecule has 0 unspecified atom stereocenters. The molecule has 16 heavy (non-hydrogen) atoms. The van der Waals surface area contributed by atoms with Crippen LogP contribution in [0.1, 0.15) is 0 Å². The number of rotatable bonds is 3. The molecule has 7 heteroatoms. The summed E-state index contributed by atoms with van der Waals surface area (Å²) in [4.78, 5) is 10.9. The third-order valence-electron chi connectivity index (χ3n) is 1.79. The third kappa shape index (κ3) is 2.65.